The number of nitrogens with one attached hydrogen (secondary N) is 1. The molecule has 0 aliphatic carbocycles. The summed E-state index contributed by atoms with van der Waals surface area (Å²) in [4.78, 5) is 26.6. The van der Waals surface area contributed by atoms with Gasteiger partial charge in [0, 0.05) is 36.5 Å². The Hall–Kier alpha value is -2.69. The van der Waals surface area contributed by atoms with E-state index in [1.54, 1.807) is 6.92 Å². The highest BCUT2D eigenvalue weighted by molar-refractivity contribution is 5.81. The van der Waals surface area contributed by atoms with Crippen LogP contribution in [0.3, 0.4) is 0 Å². The smallest absolute Gasteiger partial charge is 0.156 e. The standard InChI is InChI=1S/C21H24N4O/c1-14(15(2)26)10-17-12-22-21-20(17)24-19(13-23-21)16-6-5-7-18(11-16)25-8-3-4-9-25/h5-7,11-14H,3-4,8-10H2,1-2H3,(H,22,23). The van der Waals surface area contributed by atoms with E-state index in [4.69, 9.17) is 4.98 Å². The number of anilines is 1. The number of aromatic amines is 1. The lowest BCUT2D eigenvalue weighted by molar-refractivity contribution is -0.120. The minimum Gasteiger partial charge on any atom is -0.372 e. The number of nitrogens with zero attached hydrogens (tertiary/aromatic N) is 3. The van der Waals surface area contributed by atoms with Gasteiger partial charge in [0.25, 0.3) is 0 Å². The predicted molar refractivity (Wildman–Crippen MR) is 104 cm³/mol. The molecule has 1 N–H and O–H groups in total. The van der Waals surface area contributed by atoms with Crippen LogP contribution in [-0.4, -0.2) is 33.8 Å². The van der Waals surface area contributed by atoms with Crippen LogP contribution in [-0.2, 0) is 11.2 Å². The number of carbonyl (C=O) groups is 1. The first-order valence-corrected chi connectivity index (χ1v) is 9.30. The molecule has 3 aromatic rings. The first-order valence-electron chi connectivity index (χ1n) is 9.30. The van der Waals surface area contributed by atoms with E-state index < -0.39 is 0 Å². The first kappa shape index (κ1) is 16.8. The number of carbonyl (C=O) groups excluding carboxylic acids is 1. The summed E-state index contributed by atoms with van der Waals surface area (Å²) < 4.78 is 0. The molecule has 3 heterocycles. The number of fused-ring (bicyclic) bond motifs is 1. The van der Waals surface area contributed by atoms with Gasteiger partial charge in [-0.05, 0) is 43.9 Å². The van der Waals surface area contributed by atoms with Crippen LogP contribution in [0.1, 0.15) is 32.3 Å². The Morgan fingerprint density at radius 1 is 1.31 bits per heavy atom. The Morgan fingerprint density at radius 3 is 2.88 bits per heavy atom. The topological polar surface area (TPSA) is 61.9 Å². The third kappa shape index (κ3) is 3.21. The van der Waals surface area contributed by atoms with E-state index in [2.05, 4.69) is 39.1 Å². The lowest BCUT2D eigenvalue weighted by Gasteiger charge is -2.18. The quantitative estimate of drug-likeness (QED) is 0.757. The molecule has 1 aliphatic rings. The van der Waals surface area contributed by atoms with Crippen LogP contribution < -0.4 is 4.90 Å². The van der Waals surface area contributed by atoms with Crippen molar-refractivity contribution in [2.45, 2.75) is 33.1 Å². The van der Waals surface area contributed by atoms with E-state index in [1.807, 2.05) is 19.3 Å². The molecule has 1 aliphatic heterocycles. The molecule has 0 saturated carbocycles. The highest BCUT2D eigenvalue weighted by Crippen LogP contribution is 2.27. The summed E-state index contributed by atoms with van der Waals surface area (Å²) in [5.74, 6) is 0.180. The molecular formula is C21H24N4O. The summed E-state index contributed by atoms with van der Waals surface area (Å²) in [6.45, 7) is 5.84. The van der Waals surface area contributed by atoms with Gasteiger partial charge in [-0.1, -0.05) is 19.1 Å². The molecular weight excluding hydrogens is 324 g/mol. The number of H-pyrrole nitrogens is 1. The molecule has 1 atom stereocenters. The van der Waals surface area contributed by atoms with E-state index in [-0.39, 0.29) is 11.7 Å². The minimum absolute atomic E-state index is 0.0158. The molecule has 5 heteroatoms. The number of rotatable bonds is 5. The SMILES string of the molecule is CC(=O)C(C)Cc1c[nH]c2ncc(-c3cccc(N4CCCC4)c3)nc12. The summed E-state index contributed by atoms with van der Waals surface area (Å²) in [6, 6.07) is 8.54. The Kier molecular flexibility index (Phi) is 4.45. The third-order valence-corrected chi connectivity index (χ3v) is 5.29. The molecule has 1 unspecified atom stereocenters. The fraction of sp³-hybridized carbons (Fsp3) is 0.381. The van der Waals surface area contributed by atoms with Gasteiger partial charge in [-0.25, -0.2) is 9.97 Å². The lowest BCUT2D eigenvalue weighted by Crippen LogP contribution is -2.17. The predicted octanol–water partition coefficient (Wildman–Crippen LogP) is 3.99. The van der Waals surface area contributed by atoms with Crippen LogP contribution in [0.2, 0.25) is 0 Å². The lowest BCUT2D eigenvalue weighted by atomic mass is 9.99. The van der Waals surface area contributed by atoms with Gasteiger partial charge in [0.1, 0.15) is 11.3 Å². The maximum absolute atomic E-state index is 11.6. The number of benzene rings is 1. The Morgan fingerprint density at radius 2 is 2.12 bits per heavy atom. The molecule has 1 fully saturated rings. The van der Waals surface area contributed by atoms with Crippen LogP contribution in [0.15, 0.2) is 36.7 Å². The monoisotopic (exact) mass is 348 g/mol. The van der Waals surface area contributed by atoms with Crippen molar-refractivity contribution >= 4 is 22.6 Å². The van der Waals surface area contributed by atoms with Crippen LogP contribution in [0.5, 0.6) is 0 Å². The first-order chi connectivity index (χ1) is 12.6. The van der Waals surface area contributed by atoms with E-state index in [9.17, 15) is 4.79 Å². The van der Waals surface area contributed by atoms with E-state index >= 15 is 0 Å². The number of hydrogen-bond acceptors (Lipinski definition) is 4. The third-order valence-electron chi connectivity index (χ3n) is 5.29. The van der Waals surface area contributed by atoms with E-state index in [0.29, 0.717) is 6.42 Å². The Labute approximate surface area is 153 Å². The summed E-state index contributed by atoms with van der Waals surface area (Å²) in [5.41, 5.74) is 5.89. The maximum Gasteiger partial charge on any atom is 0.156 e. The second-order valence-electron chi connectivity index (χ2n) is 7.23. The second kappa shape index (κ2) is 6.90. The number of ketones is 1. The van der Waals surface area contributed by atoms with Gasteiger partial charge in [0.2, 0.25) is 0 Å². The van der Waals surface area contributed by atoms with Gasteiger partial charge < -0.3 is 9.88 Å². The fourth-order valence-corrected chi connectivity index (χ4v) is 3.55. The summed E-state index contributed by atoms with van der Waals surface area (Å²) in [6.07, 6.45) is 6.95. The minimum atomic E-state index is -0.0158. The van der Waals surface area contributed by atoms with Crippen LogP contribution >= 0.6 is 0 Å². The molecule has 1 saturated heterocycles. The zero-order chi connectivity index (χ0) is 18.1. The van der Waals surface area contributed by atoms with E-state index in [1.165, 1.54) is 18.5 Å². The van der Waals surface area contributed by atoms with Gasteiger partial charge in [0.05, 0.1) is 11.9 Å². The summed E-state index contributed by atoms with van der Waals surface area (Å²) in [5, 5.41) is 0. The Balaban J connectivity index is 1.68. The van der Waals surface area contributed by atoms with Gasteiger partial charge >= 0.3 is 0 Å². The van der Waals surface area contributed by atoms with Crippen molar-refractivity contribution in [1.29, 1.82) is 0 Å². The number of hydrogen-bond donors (Lipinski definition) is 1. The molecule has 134 valence electrons. The zero-order valence-electron chi connectivity index (χ0n) is 15.3. The molecule has 0 radical (unpaired) electrons. The van der Waals surface area contributed by atoms with Crippen molar-refractivity contribution in [2.75, 3.05) is 18.0 Å². The van der Waals surface area contributed by atoms with Crippen molar-refractivity contribution in [3.63, 3.8) is 0 Å². The van der Waals surface area contributed by atoms with Crippen molar-refractivity contribution in [2.24, 2.45) is 5.92 Å². The molecule has 1 aromatic carbocycles. The average Bonchev–Trinajstić information content (AvgIpc) is 3.32. The van der Waals surface area contributed by atoms with Crippen molar-refractivity contribution < 1.29 is 4.79 Å². The maximum atomic E-state index is 11.6. The molecule has 5 nitrogen and oxygen atoms in total. The van der Waals surface area contributed by atoms with Crippen molar-refractivity contribution in [3.05, 3.63) is 42.2 Å². The molecule has 0 spiro atoms. The highest BCUT2D eigenvalue weighted by atomic mass is 16.1. The number of Topliss-reactive ketones (excluding diaryl/α,β-unsaturated/α-hetero) is 1. The van der Waals surface area contributed by atoms with Gasteiger partial charge in [0.15, 0.2) is 5.65 Å². The summed E-state index contributed by atoms with van der Waals surface area (Å²) in [7, 11) is 0. The Bertz CT molecular complexity index is 940. The van der Waals surface area contributed by atoms with Crippen LogP contribution in [0.4, 0.5) is 5.69 Å². The molecule has 0 amide bonds. The van der Waals surface area contributed by atoms with Crippen molar-refractivity contribution in [3.8, 4) is 11.3 Å². The fourth-order valence-electron chi connectivity index (χ4n) is 3.55. The average molecular weight is 348 g/mol. The molecule has 0 bridgehead atoms. The van der Waals surface area contributed by atoms with Crippen molar-refractivity contribution in [1.82, 2.24) is 15.0 Å². The summed E-state index contributed by atoms with van der Waals surface area (Å²) >= 11 is 0. The normalized spacial score (nSPS) is 15.5. The largest absolute Gasteiger partial charge is 0.372 e. The number of aromatic nitrogens is 3. The van der Waals surface area contributed by atoms with Gasteiger partial charge in [-0.2, -0.15) is 0 Å². The van der Waals surface area contributed by atoms with Gasteiger partial charge in [-0.15, -0.1) is 0 Å². The van der Waals surface area contributed by atoms with E-state index in [0.717, 1.165) is 41.1 Å². The molecule has 4 rings (SSSR count). The second-order valence-corrected chi connectivity index (χ2v) is 7.23. The molecule has 26 heavy (non-hydrogen) atoms. The van der Waals surface area contributed by atoms with Crippen LogP contribution in [0, 0.1) is 5.92 Å². The van der Waals surface area contributed by atoms with Gasteiger partial charge in [-0.3, -0.25) is 4.79 Å². The zero-order valence-corrected chi connectivity index (χ0v) is 15.3. The molecule has 2 aromatic heterocycles. The van der Waals surface area contributed by atoms with Crippen LogP contribution in [0.25, 0.3) is 22.4 Å². The highest BCUT2D eigenvalue weighted by Gasteiger charge is 2.16.